The summed E-state index contributed by atoms with van der Waals surface area (Å²) in [5, 5.41) is 5.10. The molecular weight excluding hydrogens is 286 g/mol. The minimum absolute atomic E-state index is 0.0370. The molecule has 1 aliphatic heterocycles. The minimum Gasteiger partial charge on any atom is -0.493 e. The van der Waals surface area contributed by atoms with Crippen molar-refractivity contribution in [3.8, 4) is 5.75 Å². The van der Waals surface area contributed by atoms with Crippen molar-refractivity contribution in [2.24, 2.45) is 0 Å². The zero-order valence-corrected chi connectivity index (χ0v) is 12.8. The molecular formula is C14H21N5O3. The number of pyridine rings is 1. The van der Waals surface area contributed by atoms with Gasteiger partial charge in [-0.05, 0) is 19.2 Å². The van der Waals surface area contributed by atoms with Crippen LogP contribution in [0.1, 0.15) is 0 Å². The van der Waals surface area contributed by atoms with Crippen molar-refractivity contribution < 1.29 is 14.3 Å². The van der Waals surface area contributed by atoms with E-state index in [0.29, 0.717) is 24.7 Å². The first-order chi connectivity index (χ1) is 10.6. The molecule has 0 radical (unpaired) electrons. The van der Waals surface area contributed by atoms with Crippen LogP contribution in [0.15, 0.2) is 18.3 Å². The zero-order chi connectivity index (χ0) is 15.9. The van der Waals surface area contributed by atoms with E-state index in [9.17, 15) is 9.59 Å². The highest BCUT2D eigenvalue weighted by atomic mass is 16.5. The Balaban J connectivity index is 1.79. The number of nitrogens with one attached hydrogen (secondary N) is 2. The number of carbonyl (C=O) groups is 2. The van der Waals surface area contributed by atoms with Crippen LogP contribution in [0.5, 0.6) is 5.75 Å². The van der Waals surface area contributed by atoms with Crippen molar-refractivity contribution in [3.63, 3.8) is 0 Å². The molecule has 8 nitrogen and oxygen atoms in total. The molecule has 0 atom stereocenters. The summed E-state index contributed by atoms with van der Waals surface area (Å²) >= 11 is 0. The van der Waals surface area contributed by atoms with E-state index in [1.807, 2.05) is 7.05 Å². The molecule has 0 saturated carbocycles. The zero-order valence-electron chi connectivity index (χ0n) is 12.8. The van der Waals surface area contributed by atoms with Crippen LogP contribution in [0.3, 0.4) is 0 Å². The van der Waals surface area contributed by atoms with Gasteiger partial charge in [0.15, 0.2) is 11.6 Å². The number of aromatic nitrogens is 1. The second-order valence-corrected chi connectivity index (χ2v) is 5.05. The highest BCUT2D eigenvalue weighted by molar-refractivity contribution is 5.92. The Labute approximate surface area is 129 Å². The third-order valence-electron chi connectivity index (χ3n) is 3.48. The first-order valence-electron chi connectivity index (χ1n) is 7.10. The van der Waals surface area contributed by atoms with Crippen molar-refractivity contribution >= 4 is 17.8 Å². The lowest BCUT2D eigenvalue weighted by molar-refractivity contribution is -0.131. The summed E-state index contributed by atoms with van der Waals surface area (Å²) < 4.78 is 5.09. The summed E-state index contributed by atoms with van der Waals surface area (Å²) in [7, 11) is 3.52. The SMILES string of the molecule is COc1cccnc1NC(=O)NCC(=O)N1CCN(C)CC1. The summed E-state index contributed by atoms with van der Waals surface area (Å²) in [4.78, 5) is 31.8. The van der Waals surface area contributed by atoms with E-state index in [1.165, 1.54) is 7.11 Å². The van der Waals surface area contributed by atoms with E-state index < -0.39 is 6.03 Å². The van der Waals surface area contributed by atoms with Crippen LogP contribution >= 0.6 is 0 Å². The first kappa shape index (κ1) is 16.0. The van der Waals surface area contributed by atoms with Crippen LogP contribution in [-0.4, -0.2) is 73.6 Å². The molecule has 0 aromatic carbocycles. The fraction of sp³-hybridized carbons (Fsp3) is 0.500. The summed E-state index contributed by atoms with van der Waals surface area (Å²) in [6, 6.07) is 2.91. The number of rotatable bonds is 4. The number of nitrogens with zero attached hydrogens (tertiary/aromatic N) is 3. The molecule has 0 unspecified atom stereocenters. The Morgan fingerprint density at radius 2 is 2.05 bits per heavy atom. The molecule has 2 N–H and O–H groups in total. The highest BCUT2D eigenvalue weighted by Crippen LogP contribution is 2.19. The van der Waals surface area contributed by atoms with Crippen LogP contribution in [0, 0.1) is 0 Å². The van der Waals surface area contributed by atoms with Crippen LogP contribution in [0.25, 0.3) is 0 Å². The fourth-order valence-electron chi connectivity index (χ4n) is 2.12. The van der Waals surface area contributed by atoms with Crippen LogP contribution in [0.4, 0.5) is 10.6 Å². The van der Waals surface area contributed by atoms with Gasteiger partial charge >= 0.3 is 6.03 Å². The molecule has 0 spiro atoms. The first-order valence-corrected chi connectivity index (χ1v) is 7.10. The molecule has 1 aromatic heterocycles. The lowest BCUT2D eigenvalue weighted by atomic mass is 10.3. The molecule has 3 amide bonds. The van der Waals surface area contributed by atoms with Gasteiger partial charge in [-0.15, -0.1) is 0 Å². The lowest BCUT2D eigenvalue weighted by Gasteiger charge is -2.32. The summed E-state index contributed by atoms with van der Waals surface area (Å²) in [6.45, 7) is 3.04. The van der Waals surface area contributed by atoms with Gasteiger partial charge in [0.05, 0.1) is 13.7 Å². The van der Waals surface area contributed by atoms with Gasteiger partial charge in [0.1, 0.15) is 0 Å². The van der Waals surface area contributed by atoms with Gasteiger partial charge in [-0.2, -0.15) is 0 Å². The van der Waals surface area contributed by atoms with Crippen molar-refractivity contribution in [1.29, 1.82) is 0 Å². The molecule has 120 valence electrons. The maximum absolute atomic E-state index is 12.0. The molecule has 1 aromatic rings. The number of anilines is 1. The van der Waals surface area contributed by atoms with Crippen LogP contribution in [0.2, 0.25) is 0 Å². The van der Waals surface area contributed by atoms with Gasteiger partial charge in [0.2, 0.25) is 5.91 Å². The summed E-state index contributed by atoms with van der Waals surface area (Å²) in [5.41, 5.74) is 0. The second kappa shape index (κ2) is 7.60. The molecule has 22 heavy (non-hydrogen) atoms. The smallest absolute Gasteiger partial charge is 0.320 e. The Kier molecular flexibility index (Phi) is 5.54. The monoisotopic (exact) mass is 307 g/mol. The number of methoxy groups -OCH3 is 1. The van der Waals surface area contributed by atoms with Crippen molar-refractivity contribution in [1.82, 2.24) is 20.1 Å². The average molecular weight is 307 g/mol. The van der Waals surface area contributed by atoms with E-state index in [2.05, 4.69) is 20.5 Å². The van der Waals surface area contributed by atoms with E-state index >= 15 is 0 Å². The van der Waals surface area contributed by atoms with Crippen molar-refractivity contribution in [3.05, 3.63) is 18.3 Å². The molecule has 1 aliphatic rings. The molecule has 0 aliphatic carbocycles. The third kappa shape index (κ3) is 4.32. The predicted molar refractivity (Wildman–Crippen MR) is 81.9 cm³/mol. The van der Waals surface area contributed by atoms with Gasteiger partial charge < -0.3 is 19.9 Å². The van der Waals surface area contributed by atoms with E-state index in [-0.39, 0.29) is 12.5 Å². The number of likely N-dealkylation sites (N-methyl/N-ethyl adjacent to an activating group) is 1. The predicted octanol–water partition coefficient (Wildman–Crippen LogP) is -0.0143. The molecule has 1 fully saturated rings. The van der Waals surface area contributed by atoms with E-state index in [0.717, 1.165) is 13.1 Å². The molecule has 0 bridgehead atoms. The van der Waals surface area contributed by atoms with Crippen molar-refractivity contribution in [2.45, 2.75) is 0 Å². The average Bonchev–Trinajstić information content (AvgIpc) is 2.54. The molecule has 8 heteroatoms. The van der Waals surface area contributed by atoms with Crippen LogP contribution < -0.4 is 15.4 Å². The number of amides is 3. The van der Waals surface area contributed by atoms with Gasteiger partial charge in [0.25, 0.3) is 0 Å². The Hall–Kier alpha value is -2.35. The maximum Gasteiger partial charge on any atom is 0.320 e. The molecule has 1 saturated heterocycles. The topological polar surface area (TPSA) is 86.8 Å². The largest absolute Gasteiger partial charge is 0.493 e. The van der Waals surface area contributed by atoms with E-state index in [4.69, 9.17) is 4.74 Å². The quantitative estimate of drug-likeness (QED) is 0.817. The summed E-state index contributed by atoms with van der Waals surface area (Å²) in [6.07, 6.45) is 1.55. The van der Waals surface area contributed by atoms with E-state index in [1.54, 1.807) is 23.2 Å². The second-order valence-electron chi connectivity index (χ2n) is 5.05. The lowest BCUT2D eigenvalue weighted by Crippen LogP contribution is -2.50. The fourth-order valence-corrected chi connectivity index (χ4v) is 2.12. The highest BCUT2D eigenvalue weighted by Gasteiger charge is 2.19. The number of carbonyl (C=O) groups excluding carboxylic acids is 2. The number of hydrogen-bond acceptors (Lipinski definition) is 5. The molecule has 2 rings (SSSR count). The Bertz CT molecular complexity index is 529. The van der Waals surface area contributed by atoms with Gasteiger partial charge in [-0.3, -0.25) is 10.1 Å². The number of piperazine rings is 1. The Morgan fingerprint density at radius 3 is 2.73 bits per heavy atom. The third-order valence-corrected chi connectivity index (χ3v) is 3.48. The standard InChI is InChI=1S/C14H21N5O3/c1-18-6-8-19(9-7-18)12(20)10-16-14(21)17-13-11(22-2)4-3-5-15-13/h3-5H,6-10H2,1-2H3,(H2,15,16,17,21). The van der Waals surface area contributed by atoms with Gasteiger partial charge in [-0.25, -0.2) is 9.78 Å². The van der Waals surface area contributed by atoms with Gasteiger partial charge in [0, 0.05) is 32.4 Å². The molecule has 2 heterocycles. The van der Waals surface area contributed by atoms with Gasteiger partial charge in [-0.1, -0.05) is 0 Å². The van der Waals surface area contributed by atoms with Crippen LogP contribution in [-0.2, 0) is 4.79 Å². The normalized spacial score (nSPS) is 15.3. The Morgan fingerprint density at radius 1 is 1.32 bits per heavy atom. The number of ether oxygens (including phenoxy) is 1. The van der Waals surface area contributed by atoms with Crippen molar-refractivity contribution in [2.75, 3.05) is 52.2 Å². The maximum atomic E-state index is 12.0. The number of urea groups is 1. The summed E-state index contributed by atoms with van der Waals surface area (Å²) in [5.74, 6) is 0.689. The number of hydrogen-bond donors (Lipinski definition) is 2. The minimum atomic E-state index is -0.487.